The third-order valence-corrected chi connectivity index (χ3v) is 4.71. The highest BCUT2D eigenvalue weighted by Crippen LogP contribution is 2.23. The smallest absolute Gasteiger partial charge is 0.330 e. The van der Waals surface area contributed by atoms with Crippen LogP contribution in [0.5, 0.6) is 5.75 Å². The highest BCUT2D eigenvalue weighted by atomic mass is 16.5. The van der Waals surface area contributed by atoms with E-state index in [2.05, 4.69) is 4.98 Å². The first kappa shape index (κ1) is 21.3. The maximum atomic E-state index is 13.1. The maximum Gasteiger partial charge on any atom is 0.330 e. The Hall–Kier alpha value is -3.41. The number of aromatic nitrogens is 2. The van der Waals surface area contributed by atoms with Gasteiger partial charge in [0.1, 0.15) is 5.69 Å². The third-order valence-electron chi connectivity index (χ3n) is 4.71. The largest absolute Gasteiger partial charge is 0.490 e. The Morgan fingerprint density at radius 3 is 2.67 bits per heavy atom. The Bertz CT molecular complexity index is 1080. The molecule has 0 saturated heterocycles. The normalized spacial score (nSPS) is 11.2. The standard InChI is InChI=1S/C24H26N2O4/c1-4-29-21-11-8-16-26-23(17(3)25-24(21)26)20(27)14-12-18-9-6-7-10-19(18)13-15-22(28)30-5-2/h6-11,13,15-16H,4-5,12,14H2,1-3H3/b15-13+. The molecule has 0 radical (unpaired) electrons. The molecule has 2 heterocycles. The summed E-state index contributed by atoms with van der Waals surface area (Å²) in [5.41, 5.74) is 3.80. The van der Waals surface area contributed by atoms with Crippen molar-refractivity contribution in [1.82, 2.24) is 9.38 Å². The Labute approximate surface area is 176 Å². The average molecular weight is 406 g/mol. The fourth-order valence-corrected chi connectivity index (χ4v) is 3.40. The van der Waals surface area contributed by atoms with Crippen LogP contribution in [-0.2, 0) is 16.0 Å². The predicted octanol–water partition coefficient (Wildman–Crippen LogP) is 4.43. The number of nitrogens with zero attached hydrogens (tertiary/aromatic N) is 2. The number of benzene rings is 1. The Kier molecular flexibility index (Phi) is 7.01. The van der Waals surface area contributed by atoms with Crippen LogP contribution in [0.15, 0.2) is 48.7 Å². The molecular weight excluding hydrogens is 380 g/mol. The van der Waals surface area contributed by atoms with Gasteiger partial charge < -0.3 is 9.47 Å². The molecule has 30 heavy (non-hydrogen) atoms. The van der Waals surface area contributed by atoms with Gasteiger partial charge in [-0.3, -0.25) is 9.20 Å². The summed E-state index contributed by atoms with van der Waals surface area (Å²) in [4.78, 5) is 29.2. The zero-order chi connectivity index (χ0) is 21.5. The molecule has 6 heteroatoms. The second-order valence-corrected chi connectivity index (χ2v) is 6.75. The molecule has 0 aliphatic carbocycles. The molecule has 2 aromatic heterocycles. The van der Waals surface area contributed by atoms with Gasteiger partial charge >= 0.3 is 5.97 Å². The first-order chi connectivity index (χ1) is 14.5. The lowest BCUT2D eigenvalue weighted by atomic mass is 10.00. The number of Topliss-reactive ketones (excluding diaryl/α,β-unsaturated/α-hetero) is 1. The van der Waals surface area contributed by atoms with Crippen molar-refractivity contribution in [3.05, 3.63) is 71.2 Å². The number of hydrogen-bond donors (Lipinski definition) is 0. The van der Waals surface area contributed by atoms with Gasteiger partial charge in [0.05, 0.1) is 18.9 Å². The van der Waals surface area contributed by atoms with Crippen molar-refractivity contribution < 1.29 is 19.1 Å². The van der Waals surface area contributed by atoms with E-state index in [9.17, 15) is 9.59 Å². The number of carbonyl (C=O) groups excluding carboxylic acids is 2. The number of hydrogen-bond acceptors (Lipinski definition) is 5. The van der Waals surface area contributed by atoms with Gasteiger partial charge in [-0.2, -0.15) is 0 Å². The molecule has 0 spiro atoms. The summed E-state index contributed by atoms with van der Waals surface area (Å²) in [7, 11) is 0. The summed E-state index contributed by atoms with van der Waals surface area (Å²) in [6, 6.07) is 11.4. The average Bonchev–Trinajstić information content (AvgIpc) is 3.08. The van der Waals surface area contributed by atoms with Crippen molar-refractivity contribution in [2.45, 2.75) is 33.6 Å². The molecule has 0 saturated carbocycles. The number of fused-ring (bicyclic) bond motifs is 1. The van der Waals surface area contributed by atoms with Gasteiger partial charge in [0.15, 0.2) is 17.2 Å². The van der Waals surface area contributed by atoms with E-state index in [4.69, 9.17) is 9.47 Å². The topological polar surface area (TPSA) is 69.9 Å². The third kappa shape index (κ3) is 4.76. The van der Waals surface area contributed by atoms with Crippen molar-refractivity contribution in [1.29, 1.82) is 0 Å². The summed E-state index contributed by atoms with van der Waals surface area (Å²) >= 11 is 0. The van der Waals surface area contributed by atoms with E-state index >= 15 is 0 Å². The molecule has 1 aromatic carbocycles. The SMILES string of the molecule is CCOC(=O)/C=C/c1ccccc1CCC(=O)c1c(C)nc2c(OCC)cccn12. The molecule has 0 atom stereocenters. The minimum atomic E-state index is -0.380. The van der Waals surface area contributed by atoms with Gasteiger partial charge in [0, 0.05) is 18.7 Å². The maximum absolute atomic E-state index is 13.1. The zero-order valence-corrected chi connectivity index (χ0v) is 17.6. The molecule has 6 nitrogen and oxygen atoms in total. The van der Waals surface area contributed by atoms with Gasteiger partial charge in [0.2, 0.25) is 0 Å². The van der Waals surface area contributed by atoms with Crippen LogP contribution in [0.1, 0.15) is 47.6 Å². The molecule has 0 bridgehead atoms. The Morgan fingerprint density at radius 1 is 1.10 bits per heavy atom. The Morgan fingerprint density at radius 2 is 1.90 bits per heavy atom. The lowest BCUT2D eigenvalue weighted by Crippen LogP contribution is -2.07. The van der Waals surface area contributed by atoms with Crippen LogP contribution < -0.4 is 4.74 Å². The molecule has 0 aliphatic rings. The second-order valence-electron chi connectivity index (χ2n) is 6.75. The van der Waals surface area contributed by atoms with E-state index in [1.54, 1.807) is 17.4 Å². The van der Waals surface area contributed by atoms with E-state index in [0.29, 0.717) is 48.8 Å². The van der Waals surface area contributed by atoms with Crippen LogP contribution in [0.4, 0.5) is 0 Å². The van der Waals surface area contributed by atoms with E-state index in [0.717, 1.165) is 11.1 Å². The predicted molar refractivity (Wildman–Crippen MR) is 116 cm³/mol. The molecule has 3 rings (SSSR count). The summed E-state index contributed by atoms with van der Waals surface area (Å²) in [6.07, 6.45) is 5.86. The van der Waals surface area contributed by atoms with Crippen LogP contribution in [-0.4, -0.2) is 34.4 Å². The summed E-state index contributed by atoms with van der Waals surface area (Å²) < 4.78 is 12.4. The van der Waals surface area contributed by atoms with Gasteiger partial charge in [-0.1, -0.05) is 24.3 Å². The van der Waals surface area contributed by atoms with Crippen LogP contribution in [0.2, 0.25) is 0 Å². The van der Waals surface area contributed by atoms with Crippen molar-refractivity contribution in [2.24, 2.45) is 0 Å². The summed E-state index contributed by atoms with van der Waals surface area (Å²) in [6.45, 7) is 6.39. The van der Waals surface area contributed by atoms with Gasteiger partial charge in [-0.15, -0.1) is 0 Å². The number of carbonyl (C=O) groups is 2. The Balaban J connectivity index is 1.80. The molecule has 0 amide bonds. The summed E-state index contributed by atoms with van der Waals surface area (Å²) in [5, 5.41) is 0. The van der Waals surface area contributed by atoms with Crippen molar-refractivity contribution >= 4 is 23.5 Å². The highest BCUT2D eigenvalue weighted by Gasteiger charge is 2.18. The zero-order valence-electron chi connectivity index (χ0n) is 17.6. The summed E-state index contributed by atoms with van der Waals surface area (Å²) in [5.74, 6) is 0.296. The molecular formula is C24H26N2O4. The first-order valence-corrected chi connectivity index (χ1v) is 10.1. The van der Waals surface area contributed by atoms with Crippen LogP contribution in [0.3, 0.4) is 0 Å². The number of ether oxygens (including phenoxy) is 2. The van der Waals surface area contributed by atoms with Gasteiger partial charge in [-0.25, -0.2) is 9.78 Å². The van der Waals surface area contributed by atoms with E-state index in [1.165, 1.54) is 6.08 Å². The van der Waals surface area contributed by atoms with Crippen LogP contribution in [0.25, 0.3) is 11.7 Å². The van der Waals surface area contributed by atoms with Crippen molar-refractivity contribution in [3.63, 3.8) is 0 Å². The fraction of sp³-hybridized carbons (Fsp3) is 0.292. The highest BCUT2D eigenvalue weighted by molar-refractivity contribution is 5.97. The monoisotopic (exact) mass is 406 g/mol. The molecule has 0 unspecified atom stereocenters. The lowest BCUT2D eigenvalue weighted by Gasteiger charge is -2.08. The van der Waals surface area contributed by atoms with Gasteiger partial charge in [-0.05, 0) is 56.5 Å². The molecule has 3 aromatic rings. The second kappa shape index (κ2) is 9.87. The minimum Gasteiger partial charge on any atom is -0.490 e. The van der Waals surface area contributed by atoms with Crippen molar-refractivity contribution in [2.75, 3.05) is 13.2 Å². The number of esters is 1. The minimum absolute atomic E-state index is 0.0119. The lowest BCUT2D eigenvalue weighted by molar-refractivity contribution is -0.137. The van der Waals surface area contributed by atoms with E-state index in [-0.39, 0.29) is 11.8 Å². The number of aryl methyl sites for hydroxylation is 2. The van der Waals surface area contributed by atoms with Crippen LogP contribution in [0, 0.1) is 6.92 Å². The molecule has 0 fully saturated rings. The van der Waals surface area contributed by atoms with Crippen LogP contribution >= 0.6 is 0 Å². The quantitative estimate of drug-likeness (QED) is 0.299. The molecule has 0 N–H and O–H groups in total. The number of imidazole rings is 1. The number of pyridine rings is 1. The molecule has 156 valence electrons. The van der Waals surface area contributed by atoms with Gasteiger partial charge in [0.25, 0.3) is 0 Å². The number of rotatable bonds is 9. The van der Waals surface area contributed by atoms with E-state index in [1.807, 2.05) is 56.4 Å². The first-order valence-electron chi connectivity index (χ1n) is 10.1. The van der Waals surface area contributed by atoms with Crippen molar-refractivity contribution in [3.8, 4) is 5.75 Å². The molecule has 0 aliphatic heterocycles. The van der Waals surface area contributed by atoms with E-state index < -0.39 is 0 Å². The number of ketones is 1. The fourth-order valence-electron chi connectivity index (χ4n) is 3.40.